The third-order valence-corrected chi connectivity index (χ3v) is 7.40. The van der Waals surface area contributed by atoms with E-state index in [1.54, 1.807) is 4.90 Å². The van der Waals surface area contributed by atoms with Crippen molar-refractivity contribution in [3.8, 4) is 0 Å². The molecule has 0 saturated carbocycles. The van der Waals surface area contributed by atoms with Crippen LogP contribution in [0.4, 0.5) is 0 Å². The average Bonchev–Trinajstić information content (AvgIpc) is 2.96. The SMILES string of the molecule is CC(=O)N1CC[C@H](N)C[C@]1(CCCCB1OC(C)(C)C(C)(C)O1)C(=O)OCc1ccccc1. The normalized spacial score (nSPS) is 26.3. The lowest BCUT2D eigenvalue weighted by Crippen LogP contribution is -2.63. The molecule has 2 heterocycles. The van der Waals surface area contributed by atoms with Gasteiger partial charge < -0.3 is 24.7 Å². The van der Waals surface area contributed by atoms with E-state index in [2.05, 4.69) is 0 Å². The molecule has 0 spiro atoms. The summed E-state index contributed by atoms with van der Waals surface area (Å²) < 4.78 is 17.9. The van der Waals surface area contributed by atoms with Crippen molar-refractivity contribution in [3.05, 3.63) is 35.9 Å². The quantitative estimate of drug-likeness (QED) is 0.363. The van der Waals surface area contributed by atoms with E-state index in [-0.39, 0.29) is 42.8 Å². The van der Waals surface area contributed by atoms with Gasteiger partial charge in [0.05, 0.1) is 11.2 Å². The molecule has 0 aliphatic carbocycles. The lowest BCUT2D eigenvalue weighted by Gasteiger charge is -2.46. The van der Waals surface area contributed by atoms with Gasteiger partial charge in [0, 0.05) is 19.5 Å². The van der Waals surface area contributed by atoms with E-state index in [4.69, 9.17) is 19.8 Å². The maximum Gasteiger partial charge on any atom is 0.457 e. The fraction of sp³-hybridized carbons (Fsp3) is 0.680. The first-order valence-electron chi connectivity index (χ1n) is 12.1. The molecule has 2 aliphatic rings. The summed E-state index contributed by atoms with van der Waals surface area (Å²) in [5.41, 5.74) is 5.46. The van der Waals surface area contributed by atoms with E-state index >= 15 is 0 Å². The highest BCUT2D eigenvalue weighted by Gasteiger charge is 2.52. The minimum Gasteiger partial charge on any atom is -0.459 e. The van der Waals surface area contributed by atoms with E-state index < -0.39 is 5.54 Å². The first-order valence-corrected chi connectivity index (χ1v) is 12.1. The van der Waals surface area contributed by atoms with Gasteiger partial charge in [0.2, 0.25) is 5.91 Å². The molecule has 182 valence electrons. The molecule has 2 fully saturated rings. The molecule has 2 aliphatic heterocycles. The van der Waals surface area contributed by atoms with E-state index in [0.29, 0.717) is 25.8 Å². The molecule has 0 aromatic heterocycles. The molecule has 7 nitrogen and oxygen atoms in total. The first kappa shape index (κ1) is 25.7. The Balaban J connectivity index is 1.67. The van der Waals surface area contributed by atoms with Crippen LogP contribution >= 0.6 is 0 Å². The lowest BCUT2D eigenvalue weighted by atomic mass is 9.77. The van der Waals surface area contributed by atoms with Gasteiger partial charge in [-0.2, -0.15) is 0 Å². The molecule has 2 atom stereocenters. The van der Waals surface area contributed by atoms with Crippen LogP contribution in [0.3, 0.4) is 0 Å². The molecule has 0 radical (unpaired) electrons. The second-order valence-corrected chi connectivity index (χ2v) is 10.4. The van der Waals surface area contributed by atoms with Gasteiger partial charge in [-0.15, -0.1) is 0 Å². The number of esters is 1. The largest absolute Gasteiger partial charge is 0.459 e. The van der Waals surface area contributed by atoms with Crippen molar-refractivity contribution >= 4 is 19.0 Å². The molecule has 33 heavy (non-hydrogen) atoms. The van der Waals surface area contributed by atoms with E-state index in [9.17, 15) is 9.59 Å². The van der Waals surface area contributed by atoms with Crippen molar-refractivity contribution in [3.63, 3.8) is 0 Å². The summed E-state index contributed by atoms with van der Waals surface area (Å²) in [6.45, 7) is 10.3. The fourth-order valence-electron chi connectivity index (χ4n) is 4.82. The first-order chi connectivity index (χ1) is 15.5. The average molecular weight is 458 g/mol. The highest BCUT2D eigenvalue weighted by atomic mass is 16.7. The summed E-state index contributed by atoms with van der Waals surface area (Å²) in [6, 6.07) is 9.43. The molecule has 3 rings (SSSR count). The molecule has 2 saturated heterocycles. The summed E-state index contributed by atoms with van der Waals surface area (Å²) in [6.07, 6.45) is 3.88. The highest BCUT2D eigenvalue weighted by molar-refractivity contribution is 6.45. The Morgan fingerprint density at radius 3 is 2.36 bits per heavy atom. The number of rotatable bonds is 8. The van der Waals surface area contributed by atoms with Crippen LogP contribution in [-0.2, 0) is 30.2 Å². The number of nitrogens with zero attached hydrogens (tertiary/aromatic N) is 1. The number of nitrogens with two attached hydrogens (primary N) is 1. The number of amides is 1. The van der Waals surface area contributed by atoms with Crippen LogP contribution in [0.1, 0.15) is 72.3 Å². The second kappa shape index (κ2) is 10.2. The van der Waals surface area contributed by atoms with Crippen molar-refractivity contribution in [2.45, 2.75) is 102 Å². The molecule has 2 N–H and O–H groups in total. The van der Waals surface area contributed by atoms with Gasteiger partial charge in [-0.05, 0) is 58.8 Å². The number of carbonyl (C=O) groups is 2. The zero-order valence-electron chi connectivity index (χ0n) is 20.8. The number of piperidine rings is 1. The highest BCUT2D eigenvalue weighted by Crippen LogP contribution is 2.39. The minimum atomic E-state index is -1.03. The second-order valence-electron chi connectivity index (χ2n) is 10.4. The van der Waals surface area contributed by atoms with Gasteiger partial charge >= 0.3 is 13.1 Å². The fourth-order valence-corrected chi connectivity index (χ4v) is 4.82. The van der Waals surface area contributed by atoms with Crippen LogP contribution in [0.5, 0.6) is 0 Å². The van der Waals surface area contributed by atoms with Crippen LogP contribution in [0.2, 0.25) is 6.32 Å². The van der Waals surface area contributed by atoms with Crippen molar-refractivity contribution < 1.29 is 23.6 Å². The molecule has 1 aromatic rings. The van der Waals surface area contributed by atoms with Gasteiger partial charge in [0.25, 0.3) is 0 Å². The predicted molar refractivity (Wildman–Crippen MR) is 128 cm³/mol. The summed E-state index contributed by atoms with van der Waals surface area (Å²) in [5, 5.41) is 0. The van der Waals surface area contributed by atoms with Gasteiger partial charge in [0.1, 0.15) is 12.1 Å². The van der Waals surface area contributed by atoms with Gasteiger partial charge in [-0.1, -0.05) is 43.2 Å². The monoisotopic (exact) mass is 458 g/mol. The molecular weight excluding hydrogens is 419 g/mol. The smallest absolute Gasteiger partial charge is 0.457 e. The topological polar surface area (TPSA) is 91.1 Å². The zero-order chi connectivity index (χ0) is 24.3. The van der Waals surface area contributed by atoms with E-state index in [1.165, 1.54) is 6.92 Å². The number of carbonyl (C=O) groups excluding carboxylic acids is 2. The summed E-state index contributed by atoms with van der Waals surface area (Å²) >= 11 is 0. The molecule has 0 unspecified atom stereocenters. The number of hydrogen-bond acceptors (Lipinski definition) is 6. The Morgan fingerprint density at radius 2 is 1.76 bits per heavy atom. The van der Waals surface area contributed by atoms with Crippen molar-refractivity contribution in [1.29, 1.82) is 0 Å². The summed E-state index contributed by atoms with van der Waals surface area (Å²) in [4.78, 5) is 27.7. The Kier molecular flexibility index (Phi) is 7.92. The Labute approximate surface area is 198 Å². The van der Waals surface area contributed by atoms with E-state index in [1.807, 2.05) is 58.0 Å². The Morgan fingerprint density at radius 1 is 1.12 bits per heavy atom. The van der Waals surface area contributed by atoms with Crippen LogP contribution < -0.4 is 5.73 Å². The predicted octanol–water partition coefficient (Wildman–Crippen LogP) is 3.70. The number of unbranched alkanes of at least 4 members (excludes halogenated alkanes) is 1. The minimum absolute atomic E-state index is 0.121. The van der Waals surface area contributed by atoms with Crippen molar-refractivity contribution in [2.75, 3.05) is 6.54 Å². The van der Waals surface area contributed by atoms with Gasteiger partial charge in [-0.3, -0.25) is 4.79 Å². The maximum atomic E-state index is 13.5. The van der Waals surface area contributed by atoms with Crippen molar-refractivity contribution in [1.82, 2.24) is 4.90 Å². The van der Waals surface area contributed by atoms with Crippen LogP contribution in [0.25, 0.3) is 0 Å². The standard InChI is InChI=1S/C25H39BN2O5/c1-19(29)28-16-13-21(27)17-25(28,22(30)31-18-20-11-7-6-8-12-20)14-9-10-15-26-32-23(2,3)24(4,5)33-26/h6-8,11-12,21H,9-10,13-18,27H2,1-5H3/t21-,25+/m0/s1. The van der Waals surface area contributed by atoms with Crippen LogP contribution in [0, 0.1) is 0 Å². The number of ether oxygens (including phenoxy) is 1. The molecule has 0 bridgehead atoms. The molecule has 8 heteroatoms. The number of likely N-dealkylation sites (tertiary alicyclic amines) is 1. The Hall–Kier alpha value is -1.90. The summed E-state index contributed by atoms with van der Waals surface area (Å²) in [7, 11) is -0.270. The molecular formula is C25H39BN2O5. The number of hydrogen-bond donors (Lipinski definition) is 1. The molecule has 1 amide bonds. The van der Waals surface area contributed by atoms with Crippen molar-refractivity contribution in [2.24, 2.45) is 5.73 Å². The van der Waals surface area contributed by atoms with Crippen LogP contribution in [-0.4, -0.2) is 53.2 Å². The third-order valence-electron chi connectivity index (χ3n) is 7.40. The van der Waals surface area contributed by atoms with Crippen LogP contribution in [0.15, 0.2) is 30.3 Å². The lowest BCUT2D eigenvalue weighted by molar-refractivity contribution is -0.169. The third kappa shape index (κ3) is 5.79. The zero-order valence-corrected chi connectivity index (χ0v) is 20.8. The van der Waals surface area contributed by atoms with E-state index in [0.717, 1.165) is 24.7 Å². The van der Waals surface area contributed by atoms with Gasteiger partial charge in [0.15, 0.2) is 0 Å². The Bertz CT molecular complexity index is 815. The maximum absolute atomic E-state index is 13.5. The summed E-state index contributed by atoms with van der Waals surface area (Å²) in [5.74, 6) is -0.489. The molecule has 1 aromatic carbocycles. The number of benzene rings is 1. The van der Waals surface area contributed by atoms with Gasteiger partial charge in [-0.25, -0.2) is 4.79 Å².